The fourth-order valence-electron chi connectivity index (χ4n) is 1.99. The van der Waals surface area contributed by atoms with E-state index in [1.165, 1.54) is 6.92 Å². The minimum atomic E-state index is -0.354. The maximum Gasteiger partial charge on any atom is 0.159 e. The first-order valence-electron chi connectivity index (χ1n) is 5.62. The summed E-state index contributed by atoms with van der Waals surface area (Å²) in [7, 11) is 0. The standard InChI is InChI=1S/C13H16O3/c1-9(14)10-5-7-11(8-6-10)16-13-4-2-3-12(13)15/h5-8,12-13,15H,2-4H2,1H3. The van der Waals surface area contributed by atoms with Gasteiger partial charge in [-0.2, -0.15) is 0 Å². The van der Waals surface area contributed by atoms with Gasteiger partial charge in [0.1, 0.15) is 11.9 Å². The van der Waals surface area contributed by atoms with Crippen LogP contribution in [0, 0.1) is 0 Å². The van der Waals surface area contributed by atoms with Gasteiger partial charge in [-0.15, -0.1) is 0 Å². The lowest BCUT2D eigenvalue weighted by molar-refractivity contribution is 0.0604. The number of ketones is 1. The molecular weight excluding hydrogens is 204 g/mol. The third-order valence-electron chi connectivity index (χ3n) is 2.97. The summed E-state index contributed by atoms with van der Waals surface area (Å²) in [6, 6.07) is 7.06. The minimum Gasteiger partial charge on any atom is -0.488 e. The number of hydrogen-bond donors (Lipinski definition) is 1. The summed E-state index contributed by atoms with van der Waals surface area (Å²) in [6.07, 6.45) is 2.28. The van der Waals surface area contributed by atoms with Crippen LogP contribution in [-0.2, 0) is 0 Å². The maximum absolute atomic E-state index is 11.1. The Balaban J connectivity index is 2.02. The molecule has 0 bridgehead atoms. The number of aliphatic hydroxyl groups excluding tert-OH is 1. The Bertz CT molecular complexity index is 369. The predicted molar refractivity (Wildman–Crippen MR) is 60.7 cm³/mol. The number of carbonyl (C=O) groups excluding carboxylic acids is 1. The normalized spacial score (nSPS) is 24.4. The van der Waals surface area contributed by atoms with Gasteiger partial charge < -0.3 is 9.84 Å². The molecule has 1 aromatic carbocycles. The van der Waals surface area contributed by atoms with Crippen molar-refractivity contribution in [2.75, 3.05) is 0 Å². The predicted octanol–water partition coefficient (Wildman–Crippen LogP) is 2.18. The highest BCUT2D eigenvalue weighted by atomic mass is 16.5. The molecule has 3 nitrogen and oxygen atoms in total. The SMILES string of the molecule is CC(=O)c1ccc(OC2CCCC2O)cc1. The van der Waals surface area contributed by atoms with Gasteiger partial charge in [0.05, 0.1) is 6.10 Å². The van der Waals surface area contributed by atoms with E-state index in [1.54, 1.807) is 24.3 Å². The first-order valence-corrected chi connectivity index (χ1v) is 5.62. The zero-order valence-electron chi connectivity index (χ0n) is 9.35. The van der Waals surface area contributed by atoms with Crippen molar-refractivity contribution < 1.29 is 14.6 Å². The van der Waals surface area contributed by atoms with E-state index in [0.29, 0.717) is 5.56 Å². The molecule has 1 saturated carbocycles. The van der Waals surface area contributed by atoms with Crippen molar-refractivity contribution in [3.8, 4) is 5.75 Å². The number of Topliss-reactive ketones (excluding diaryl/α,β-unsaturated/α-hetero) is 1. The Morgan fingerprint density at radius 3 is 2.50 bits per heavy atom. The van der Waals surface area contributed by atoms with Crippen molar-refractivity contribution in [3.05, 3.63) is 29.8 Å². The zero-order chi connectivity index (χ0) is 11.5. The van der Waals surface area contributed by atoms with E-state index in [1.807, 2.05) is 0 Å². The van der Waals surface area contributed by atoms with Crippen molar-refractivity contribution in [2.45, 2.75) is 38.4 Å². The second kappa shape index (κ2) is 4.66. The molecule has 1 aliphatic carbocycles. The molecule has 0 amide bonds. The fourth-order valence-corrected chi connectivity index (χ4v) is 1.99. The summed E-state index contributed by atoms with van der Waals surface area (Å²) >= 11 is 0. The molecule has 1 fully saturated rings. The van der Waals surface area contributed by atoms with Crippen LogP contribution in [-0.4, -0.2) is 23.1 Å². The summed E-state index contributed by atoms with van der Waals surface area (Å²) in [5.74, 6) is 0.767. The number of aliphatic hydroxyl groups is 1. The second-order valence-corrected chi connectivity index (χ2v) is 4.24. The first kappa shape index (κ1) is 11.1. The largest absolute Gasteiger partial charge is 0.488 e. The average molecular weight is 220 g/mol. The quantitative estimate of drug-likeness (QED) is 0.794. The van der Waals surface area contributed by atoms with Gasteiger partial charge in [-0.25, -0.2) is 0 Å². The molecule has 1 N–H and O–H groups in total. The Hall–Kier alpha value is -1.35. The van der Waals surface area contributed by atoms with Gasteiger partial charge in [0.15, 0.2) is 5.78 Å². The maximum atomic E-state index is 11.1. The summed E-state index contributed by atoms with van der Waals surface area (Å²) in [5, 5.41) is 9.61. The van der Waals surface area contributed by atoms with Crippen LogP contribution in [0.5, 0.6) is 5.75 Å². The third-order valence-corrected chi connectivity index (χ3v) is 2.97. The van der Waals surface area contributed by atoms with E-state index >= 15 is 0 Å². The lowest BCUT2D eigenvalue weighted by Crippen LogP contribution is -2.25. The summed E-state index contributed by atoms with van der Waals surface area (Å²) in [5.41, 5.74) is 0.680. The molecule has 0 aromatic heterocycles. The molecule has 1 aliphatic rings. The van der Waals surface area contributed by atoms with Crippen LogP contribution in [0.2, 0.25) is 0 Å². The number of benzene rings is 1. The van der Waals surface area contributed by atoms with Gasteiger partial charge >= 0.3 is 0 Å². The number of rotatable bonds is 3. The topological polar surface area (TPSA) is 46.5 Å². The van der Waals surface area contributed by atoms with Crippen LogP contribution in [0.3, 0.4) is 0 Å². The third kappa shape index (κ3) is 2.42. The smallest absolute Gasteiger partial charge is 0.159 e. The monoisotopic (exact) mass is 220 g/mol. The van der Waals surface area contributed by atoms with Gasteiger partial charge in [0, 0.05) is 5.56 Å². The fraction of sp³-hybridized carbons (Fsp3) is 0.462. The Morgan fingerprint density at radius 2 is 2.00 bits per heavy atom. The average Bonchev–Trinajstić information content (AvgIpc) is 2.65. The Morgan fingerprint density at radius 1 is 1.31 bits per heavy atom. The van der Waals surface area contributed by atoms with Crippen molar-refractivity contribution in [3.63, 3.8) is 0 Å². The van der Waals surface area contributed by atoms with Crippen LogP contribution in [0.15, 0.2) is 24.3 Å². The summed E-state index contributed by atoms with van der Waals surface area (Å²) in [4.78, 5) is 11.1. The van der Waals surface area contributed by atoms with Gasteiger partial charge in [0.2, 0.25) is 0 Å². The highest BCUT2D eigenvalue weighted by molar-refractivity contribution is 5.94. The molecule has 0 radical (unpaired) electrons. The number of carbonyl (C=O) groups is 1. The van der Waals surface area contributed by atoms with E-state index in [2.05, 4.69) is 0 Å². The molecule has 2 unspecified atom stereocenters. The summed E-state index contributed by atoms with van der Waals surface area (Å²) in [6.45, 7) is 1.54. The van der Waals surface area contributed by atoms with Crippen LogP contribution in [0.25, 0.3) is 0 Å². The molecule has 2 atom stereocenters. The Kier molecular flexibility index (Phi) is 3.25. The molecule has 0 aliphatic heterocycles. The van der Waals surface area contributed by atoms with Gasteiger partial charge in [-0.1, -0.05) is 0 Å². The number of hydrogen-bond acceptors (Lipinski definition) is 3. The lowest BCUT2D eigenvalue weighted by Gasteiger charge is -2.17. The highest BCUT2D eigenvalue weighted by Gasteiger charge is 2.26. The summed E-state index contributed by atoms with van der Waals surface area (Å²) < 4.78 is 5.66. The van der Waals surface area contributed by atoms with Crippen LogP contribution < -0.4 is 4.74 Å². The van der Waals surface area contributed by atoms with E-state index in [4.69, 9.17) is 4.74 Å². The van der Waals surface area contributed by atoms with E-state index < -0.39 is 0 Å². The van der Waals surface area contributed by atoms with Gasteiger partial charge in [-0.05, 0) is 50.5 Å². The van der Waals surface area contributed by atoms with Gasteiger partial charge in [0.25, 0.3) is 0 Å². The molecule has 0 spiro atoms. The highest BCUT2D eigenvalue weighted by Crippen LogP contribution is 2.24. The van der Waals surface area contributed by atoms with E-state index in [-0.39, 0.29) is 18.0 Å². The van der Waals surface area contributed by atoms with Crippen LogP contribution in [0.1, 0.15) is 36.5 Å². The molecular formula is C13H16O3. The van der Waals surface area contributed by atoms with Gasteiger partial charge in [-0.3, -0.25) is 4.79 Å². The minimum absolute atomic E-state index is 0.0486. The molecule has 86 valence electrons. The molecule has 3 heteroatoms. The Labute approximate surface area is 95.0 Å². The van der Waals surface area contributed by atoms with E-state index in [9.17, 15) is 9.90 Å². The van der Waals surface area contributed by atoms with E-state index in [0.717, 1.165) is 25.0 Å². The van der Waals surface area contributed by atoms with Crippen LogP contribution in [0.4, 0.5) is 0 Å². The van der Waals surface area contributed by atoms with Crippen molar-refractivity contribution >= 4 is 5.78 Å². The van der Waals surface area contributed by atoms with Crippen molar-refractivity contribution in [1.82, 2.24) is 0 Å². The molecule has 16 heavy (non-hydrogen) atoms. The number of ether oxygens (including phenoxy) is 1. The first-order chi connectivity index (χ1) is 7.66. The second-order valence-electron chi connectivity index (χ2n) is 4.24. The van der Waals surface area contributed by atoms with Crippen molar-refractivity contribution in [2.24, 2.45) is 0 Å². The molecule has 2 rings (SSSR count). The zero-order valence-corrected chi connectivity index (χ0v) is 9.35. The van der Waals surface area contributed by atoms with Crippen molar-refractivity contribution in [1.29, 1.82) is 0 Å². The molecule has 0 saturated heterocycles. The molecule has 0 heterocycles. The van der Waals surface area contributed by atoms with Crippen LogP contribution >= 0.6 is 0 Å². The molecule has 1 aromatic rings. The lowest BCUT2D eigenvalue weighted by atomic mass is 10.1.